The smallest absolute Gasteiger partial charge is 0.367 e. The second-order valence-corrected chi connectivity index (χ2v) is 6.17. The van der Waals surface area contributed by atoms with E-state index in [1.54, 1.807) is 42.5 Å². The lowest BCUT2D eigenvalue weighted by Gasteiger charge is -2.09. The van der Waals surface area contributed by atoms with Crippen molar-refractivity contribution in [3.05, 3.63) is 84.9 Å². The Bertz CT molecular complexity index is 861. The summed E-state index contributed by atoms with van der Waals surface area (Å²) in [5.41, 5.74) is 2.50. The Morgan fingerprint density at radius 3 is 1.78 bits per heavy atom. The van der Waals surface area contributed by atoms with Gasteiger partial charge in [-0.2, -0.15) is 8.42 Å². The minimum Gasteiger partial charge on any atom is -0.367 e. The molecular formula is C18H15NO3S. The molecule has 0 saturated carbocycles. The van der Waals surface area contributed by atoms with Crippen LogP contribution in [-0.2, 0) is 10.3 Å². The first-order valence-electron chi connectivity index (χ1n) is 7.05. The van der Waals surface area contributed by atoms with Crippen molar-refractivity contribution in [2.45, 2.75) is 0 Å². The topological polar surface area (TPSA) is 55.4 Å². The van der Waals surface area contributed by atoms with E-state index in [1.165, 1.54) is 0 Å². The van der Waals surface area contributed by atoms with Crippen molar-refractivity contribution >= 4 is 16.0 Å². The van der Waals surface area contributed by atoms with Gasteiger partial charge in [-0.3, -0.25) is 4.72 Å². The Balaban J connectivity index is 1.73. The van der Waals surface area contributed by atoms with Crippen molar-refractivity contribution in [2.24, 2.45) is 0 Å². The molecule has 0 unspecified atom stereocenters. The van der Waals surface area contributed by atoms with Crippen LogP contribution in [0.15, 0.2) is 84.9 Å². The second-order valence-electron chi connectivity index (χ2n) is 4.90. The molecule has 0 saturated heterocycles. The predicted molar refractivity (Wildman–Crippen MR) is 91.5 cm³/mol. The third-order valence-electron chi connectivity index (χ3n) is 3.18. The molecule has 1 N–H and O–H groups in total. The third kappa shape index (κ3) is 4.11. The molecule has 0 aliphatic heterocycles. The normalized spacial score (nSPS) is 11.0. The molecule has 0 aromatic heterocycles. The van der Waals surface area contributed by atoms with Crippen LogP contribution in [0, 0.1) is 0 Å². The van der Waals surface area contributed by atoms with Crippen molar-refractivity contribution in [1.82, 2.24) is 0 Å². The molecule has 3 aromatic rings. The standard InChI is InChI=1S/C18H15NO3S/c20-23(21,19-17-9-5-2-6-10-17)22-18-13-11-16(12-14-18)15-7-3-1-4-8-15/h1-14,19H. The Morgan fingerprint density at radius 2 is 1.17 bits per heavy atom. The van der Waals surface area contributed by atoms with E-state index in [4.69, 9.17) is 4.18 Å². The summed E-state index contributed by atoms with van der Waals surface area (Å²) in [5, 5.41) is 0. The molecule has 0 fully saturated rings. The molecule has 116 valence electrons. The summed E-state index contributed by atoms with van der Waals surface area (Å²) in [6, 6.07) is 25.3. The van der Waals surface area contributed by atoms with Crippen molar-refractivity contribution in [3.63, 3.8) is 0 Å². The highest BCUT2D eigenvalue weighted by atomic mass is 32.2. The lowest BCUT2D eigenvalue weighted by Crippen LogP contribution is -2.19. The number of nitrogens with one attached hydrogen (secondary N) is 1. The first-order chi connectivity index (χ1) is 11.1. The summed E-state index contributed by atoms with van der Waals surface area (Å²) in [7, 11) is -3.92. The van der Waals surface area contributed by atoms with Crippen LogP contribution in [0.5, 0.6) is 5.75 Å². The zero-order chi connectivity index (χ0) is 16.1. The first kappa shape index (κ1) is 15.1. The molecule has 0 aliphatic carbocycles. The van der Waals surface area contributed by atoms with Gasteiger partial charge >= 0.3 is 10.3 Å². The van der Waals surface area contributed by atoms with Crippen LogP contribution >= 0.6 is 0 Å². The van der Waals surface area contributed by atoms with E-state index in [-0.39, 0.29) is 5.75 Å². The maximum atomic E-state index is 12.0. The highest BCUT2D eigenvalue weighted by Gasteiger charge is 2.12. The zero-order valence-electron chi connectivity index (χ0n) is 12.2. The van der Waals surface area contributed by atoms with E-state index in [1.807, 2.05) is 42.5 Å². The highest BCUT2D eigenvalue weighted by molar-refractivity contribution is 7.88. The molecule has 5 heteroatoms. The summed E-state index contributed by atoms with van der Waals surface area (Å²) in [6.45, 7) is 0. The van der Waals surface area contributed by atoms with Gasteiger partial charge in [0.2, 0.25) is 0 Å². The SMILES string of the molecule is O=S(=O)(Nc1ccccc1)Oc1ccc(-c2ccccc2)cc1. The summed E-state index contributed by atoms with van der Waals surface area (Å²) in [4.78, 5) is 0. The summed E-state index contributed by atoms with van der Waals surface area (Å²) in [6.07, 6.45) is 0. The molecule has 3 aromatic carbocycles. The van der Waals surface area contributed by atoms with Crippen LogP contribution in [-0.4, -0.2) is 8.42 Å². The van der Waals surface area contributed by atoms with Crippen LogP contribution < -0.4 is 8.91 Å². The molecule has 4 nitrogen and oxygen atoms in total. The van der Waals surface area contributed by atoms with Crippen molar-refractivity contribution in [3.8, 4) is 16.9 Å². The van der Waals surface area contributed by atoms with Crippen molar-refractivity contribution in [2.75, 3.05) is 4.72 Å². The van der Waals surface area contributed by atoms with Gasteiger partial charge in [0.25, 0.3) is 0 Å². The maximum Gasteiger partial charge on any atom is 0.407 e. The Labute approximate surface area is 135 Å². The highest BCUT2D eigenvalue weighted by Crippen LogP contribution is 2.23. The van der Waals surface area contributed by atoms with Gasteiger partial charge in [0.1, 0.15) is 5.75 Å². The summed E-state index contributed by atoms with van der Waals surface area (Å²) < 4.78 is 31.4. The van der Waals surface area contributed by atoms with Gasteiger partial charge < -0.3 is 4.18 Å². The molecule has 0 bridgehead atoms. The number of hydrogen-bond acceptors (Lipinski definition) is 3. The lowest BCUT2D eigenvalue weighted by atomic mass is 10.1. The zero-order valence-corrected chi connectivity index (χ0v) is 13.0. The van der Waals surface area contributed by atoms with E-state index >= 15 is 0 Å². The van der Waals surface area contributed by atoms with Crippen molar-refractivity contribution in [1.29, 1.82) is 0 Å². The van der Waals surface area contributed by atoms with E-state index in [2.05, 4.69) is 4.72 Å². The Morgan fingerprint density at radius 1 is 0.652 bits per heavy atom. The van der Waals surface area contributed by atoms with Crippen LogP contribution in [0.2, 0.25) is 0 Å². The average Bonchev–Trinajstić information content (AvgIpc) is 2.56. The van der Waals surface area contributed by atoms with E-state index in [0.29, 0.717) is 5.69 Å². The predicted octanol–water partition coefficient (Wildman–Crippen LogP) is 4.09. The number of para-hydroxylation sites is 1. The molecule has 0 radical (unpaired) electrons. The summed E-state index contributed by atoms with van der Waals surface area (Å²) in [5.74, 6) is 0.258. The third-order valence-corrected chi connectivity index (χ3v) is 4.08. The molecule has 23 heavy (non-hydrogen) atoms. The Hall–Kier alpha value is -2.79. The van der Waals surface area contributed by atoms with Gasteiger partial charge in [-0.1, -0.05) is 60.7 Å². The number of benzene rings is 3. The number of anilines is 1. The lowest BCUT2D eigenvalue weighted by molar-refractivity contribution is 0.492. The van der Waals surface area contributed by atoms with Gasteiger partial charge in [-0.05, 0) is 35.4 Å². The monoisotopic (exact) mass is 325 g/mol. The maximum absolute atomic E-state index is 12.0. The van der Waals surface area contributed by atoms with Crippen molar-refractivity contribution < 1.29 is 12.6 Å². The molecule has 0 heterocycles. The fourth-order valence-electron chi connectivity index (χ4n) is 2.13. The van der Waals surface area contributed by atoms with Gasteiger partial charge in [0.05, 0.1) is 5.69 Å². The van der Waals surface area contributed by atoms with E-state index in [0.717, 1.165) is 11.1 Å². The molecule has 0 aliphatic rings. The molecule has 0 atom stereocenters. The molecule has 3 rings (SSSR count). The fourth-order valence-corrected chi connectivity index (χ4v) is 2.96. The molecule has 0 spiro atoms. The quantitative estimate of drug-likeness (QED) is 0.769. The number of rotatable bonds is 5. The van der Waals surface area contributed by atoms with Crippen LogP contribution in [0.25, 0.3) is 11.1 Å². The molecule has 0 amide bonds. The Kier molecular flexibility index (Phi) is 4.30. The summed E-state index contributed by atoms with van der Waals surface area (Å²) >= 11 is 0. The first-order valence-corrected chi connectivity index (χ1v) is 8.46. The fraction of sp³-hybridized carbons (Fsp3) is 0. The number of hydrogen-bond donors (Lipinski definition) is 1. The van der Waals surface area contributed by atoms with E-state index in [9.17, 15) is 8.42 Å². The van der Waals surface area contributed by atoms with Gasteiger partial charge in [-0.15, -0.1) is 0 Å². The minimum absolute atomic E-state index is 0.258. The molecular weight excluding hydrogens is 310 g/mol. The average molecular weight is 325 g/mol. The minimum atomic E-state index is -3.92. The largest absolute Gasteiger partial charge is 0.407 e. The van der Waals surface area contributed by atoms with Gasteiger partial charge in [0, 0.05) is 0 Å². The van der Waals surface area contributed by atoms with E-state index < -0.39 is 10.3 Å². The van der Waals surface area contributed by atoms with Gasteiger partial charge in [-0.25, -0.2) is 0 Å². The van der Waals surface area contributed by atoms with Crippen LogP contribution in [0.1, 0.15) is 0 Å². The van der Waals surface area contributed by atoms with Gasteiger partial charge in [0.15, 0.2) is 0 Å². The van der Waals surface area contributed by atoms with Crippen LogP contribution in [0.4, 0.5) is 5.69 Å². The van der Waals surface area contributed by atoms with Crippen LogP contribution in [0.3, 0.4) is 0 Å². The second kappa shape index (κ2) is 6.54.